The van der Waals surface area contributed by atoms with Crippen LogP contribution in [0.15, 0.2) is 24.4 Å². The lowest BCUT2D eigenvalue weighted by atomic mass is 10.1. The first-order valence-electron chi connectivity index (χ1n) is 5.40. The predicted molar refractivity (Wildman–Crippen MR) is 62.1 cm³/mol. The van der Waals surface area contributed by atoms with Gasteiger partial charge >= 0.3 is 0 Å². The SMILES string of the molecule is NC(=O)c1c[nH]c2cccc(OCC3CO3)c12. The summed E-state index contributed by atoms with van der Waals surface area (Å²) in [7, 11) is 0. The lowest BCUT2D eigenvalue weighted by molar-refractivity contribution is 0.100. The third kappa shape index (κ3) is 1.85. The summed E-state index contributed by atoms with van der Waals surface area (Å²) in [5.74, 6) is 0.197. The Hall–Kier alpha value is -2.01. The Bertz CT molecular complexity index is 572. The van der Waals surface area contributed by atoms with Gasteiger partial charge in [0.2, 0.25) is 0 Å². The van der Waals surface area contributed by atoms with Crippen molar-refractivity contribution >= 4 is 16.8 Å². The van der Waals surface area contributed by atoms with Gasteiger partial charge in [-0.05, 0) is 12.1 Å². The Labute approximate surface area is 97.5 Å². The van der Waals surface area contributed by atoms with Crippen molar-refractivity contribution in [1.82, 2.24) is 4.98 Å². The number of fused-ring (bicyclic) bond motifs is 1. The quantitative estimate of drug-likeness (QED) is 0.773. The van der Waals surface area contributed by atoms with E-state index in [-0.39, 0.29) is 6.10 Å². The molecule has 1 aromatic carbocycles. The number of hydrogen-bond donors (Lipinski definition) is 2. The molecule has 1 amide bonds. The van der Waals surface area contributed by atoms with Crippen LogP contribution < -0.4 is 10.5 Å². The van der Waals surface area contributed by atoms with Gasteiger partial charge in [0.25, 0.3) is 5.91 Å². The number of carbonyl (C=O) groups excluding carboxylic acids is 1. The lowest BCUT2D eigenvalue weighted by Gasteiger charge is -2.06. The summed E-state index contributed by atoms with van der Waals surface area (Å²) in [5.41, 5.74) is 6.61. The predicted octanol–water partition coefficient (Wildman–Crippen LogP) is 1.04. The molecule has 1 aliphatic rings. The number of ether oxygens (including phenoxy) is 2. The molecule has 1 atom stereocenters. The van der Waals surface area contributed by atoms with Crippen molar-refractivity contribution in [2.45, 2.75) is 6.10 Å². The van der Waals surface area contributed by atoms with Crippen LogP contribution >= 0.6 is 0 Å². The molecule has 1 aliphatic heterocycles. The molecule has 5 nitrogen and oxygen atoms in total. The standard InChI is InChI=1S/C12H12N2O3/c13-12(15)8-4-14-9-2-1-3-10(11(8)9)17-6-7-5-16-7/h1-4,7,14H,5-6H2,(H2,13,15). The largest absolute Gasteiger partial charge is 0.490 e. The zero-order chi connectivity index (χ0) is 11.8. The second-order valence-electron chi connectivity index (χ2n) is 4.01. The first-order valence-corrected chi connectivity index (χ1v) is 5.40. The maximum atomic E-state index is 11.3. The van der Waals surface area contributed by atoms with Crippen LogP contribution in [-0.4, -0.2) is 30.2 Å². The van der Waals surface area contributed by atoms with E-state index >= 15 is 0 Å². The van der Waals surface area contributed by atoms with Gasteiger partial charge < -0.3 is 20.2 Å². The van der Waals surface area contributed by atoms with E-state index in [1.165, 1.54) is 0 Å². The number of rotatable bonds is 4. The minimum Gasteiger partial charge on any atom is -0.490 e. The van der Waals surface area contributed by atoms with Crippen molar-refractivity contribution < 1.29 is 14.3 Å². The number of aromatic nitrogens is 1. The maximum Gasteiger partial charge on any atom is 0.251 e. The molecule has 1 unspecified atom stereocenters. The average Bonchev–Trinajstić information content (AvgIpc) is 3.03. The van der Waals surface area contributed by atoms with Crippen LogP contribution in [0.3, 0.4) is 0 Å². The summed E-state index contributed by atoms with van der Waals surface area (Å²) in [6, 6.07) is 5.57. The number of aromatic amines is 1. The van der Waals surface area contributed by atoms with E-state index in [0.717, 1.165) is 17.5 Å². The zero-order valence-corrected chi connectivity index (χ0v) is 9.10. The van der Waals surface area contributed by atoms with Gasteiger partial charge in [0.1, 0.15) is 18.5 Å². The maximum absolute atomic E-state index is 11.3. The summed E-state index contributed by atoms with van der Waals surface area (Å²) in [6.07, 6.45) is 1.79. The monoisotopic (exact) mass is 232 g/mol. The highest BCUT2D eigenvalue weighted by Crippen LogP contribution is 2.29. The van der Waals surface area contributed by atoms with Crippen LogP contribution in [0.1, 0.15) is 10.4 Å². The first kappa shape index (κ1) is 10.2. The molecule has 2 aromatic rings. The van der Waals surface area contributed by atoms with Crippen LogP contribution in [0.4, 0.5) is 0 Å². The van der Waals surface area contributed by atoms with Gasteiger partial charge in [-0.15, -0.1) is 0 Å². The van der Waals surface area contributed by atoms with E-state index in [2.05, 4.69) is 4.98 Å². The second kappa shape index (κ2) is 3.78. The fraction of sp³-hybridized carbons (Fsp3) is 0.250. The minimum atomic E-state index is -0.463. The molecular weight excluding hydrogens is 220 g/mol. The topological polar surface area (TPSA) is 80.6 Å². The summed E-state index contributed by atoms with van der Waals surface area (Å²) < 4.78 is 10.7. The number of nitrogens with two attached hydrogens (primary N) is 1. The Morgan fingerprint density at radius 1 is 1.59 bits per heavy atom. The fourth-order valence-corrected chi connectivity index (χ4v) is 1.81. The second-order valence-corrected chi connectivity index (χ2v) is 4.01. The van der Waals surface area contributed by atoms with Crippen LogP contribution in [0.2, 0.25) is 0 Å². The third-order valence-corrected chi connectivity index (χ3v) is 2.76. The molecule has 0 aliphatic carbocycles. The van der Waals surface area contributed by atoms with Gasteiger partial charge in [-0.2, -0.15) is 0 Å². The van der Waals surface area contributed by atoms with Crippen molar-refractivity contribution in [3.63, 3.8) is 0 Å². The van der Waals surface area contributed by atoms with Gasteiger partial charge in [-0.1, -0.05) is 6.07 Å². The van der Waals surface area contributed by atoms with Crippen LogP contribution in [0, 0.1) is 0 Å². The normalized spacial score (nSPS) is 18.2. The highest BCUT2D eigenvalue weighted by atomic mass is 16.6. The molecule has 0 saturated carbocycles. The van der Waals surface area contributed by atoms with Gasteiger partial charge in [-0.25, -0.2) is 0 Å². The number of nitrogens with one attached hydrogen (secondary N) is 1. The number of primary amides is 1. The average molecular weight is 232 g/mol. The smallest absolute Gasteiger partial charge is 0.251 e. The number of carbonyl (C=O) groups is 1. The Balaban J connectivity index is 2.02. The molecule has 0 radical (unpaired) electrons. The van der Waals surface area contributed by atoms with E-state index < -0.39 is 5.91 Å². The van der Waals surface area contributed by atoms with E-state index in [0.29, 0.717) is 17.9 Å². The summed E-state index contributed by atoms with van der Waals surface area (Å²) in [4.78, 5) is 14.3. The molecule has 0 bridgehead atoms. The van der Waals surface area contributed by atoms with Gasteiger partial charge in [0.05, 0.1) is 17.6 Å². The summed E-state index contributed by atoms with van der Waals surface area (Å²) in [6.45, 7) is 1.24. The van der Waals surface area contributed by atoms with Gasteiger partial charge in [0, 0.05) is 11.7 Å². The number of amides is 1. The molecule has 1 fully saturated rings. The fourth-order valence-electron chi connectivity index (χ4n) is 1.81. The van der Waals surface area contributed by atoms with Crippen molar-refractivity contribution in [3.8, 4) is 5.75 Å². The van der Waals surface area contributed by atoms with Crippen molar-refractivity contribution in [1.29, 1.82) is 0 Å². The van der Waals surface area contributed by atoms with Gasteiger partial charge in [0.15, 0.2) is 0 Å². The van der Waals surface area contributed by atoms with Gasteiger partial charge in [-0.3, -0.25) is 4.79 Å². The van der Waals surface area contributed by atoms with Crippen LogP contribution in [-0.2, 0) is 4.74 Å². The van der Waals surface area contributed by atoms with Crippen LogP contribution in [0.5, 0.6) is 5.75 Å². The highest BCUT2D eigenvalue weighted by Gasteiger charge is 2.24. The van der Waals surface area contributed by atoms with E-state index in [9.17, 15) is 4.79 Å². The third-order valence-electron chi connectivity index (χ3n) is 2.76. The van der Waals surface area contributed by atoms with E-state index in [4.69, 9.17) is 15.2 Å². The molecule has 0 spiro atoms. The molecule has 5 heteroatoms. The molecule has 3 N–H and O–H groups in total. The number of benzene rings is 1. The Kier molecular flexibility index (Phi) is 2.26. The number of H-pyrrole nitrogens is 1. The Morgan fingerprint density at radius 2 is 2.41 bits per heavy atom. The van der Waals surface area contributed by atoms with E-state index in [1.807, 2.05) is 18.2 Å². The molecule has 1 saturated heterocycles. The number of epoxide rings is 1. The lowest BCUT2D eigenvalue weighted by Crippen LogP contribution is -2.11. The van der Waals surface area contributed by atoms with Crippen molar-refractivity contribution in [2.75, 3.05) is 13.2 Å². The minimum absolute atomic E-state index is 0.182. The highest BCUT2D eigenvalue weighted by molar-refractivity contribution is 6.08. The first-order chi connectivity index (χ1) is 8.25. The molecular formula is C12H12N2O3. The number of hydrogen-bond acceptors (Lipinski definition) is 3. The summed E-state index contributed by atoms with van der Waals surface area (Å²) >= 11 is 0. The molecule has 3 rings (SSSR count). The van der Waals surface area contributed by atoms with Crippen LogP contribution in [0.25, 0.3) is 10.9 Å². The molecule has 1 aromatic heterocycles. The summed E-state index contributed by atoms with van der Waals surface area (Å²) in [5, 5.41) is 0.737. The molecule has 2 heterocycles. The van der Waals surface area contributed by atoms with E-state index in [1.54, 1.807) is 6.20 Å². The van der Waals surface area contributed by atoms with Crippen molar-refractivity contribution in [2.24, 2.45) is 5.73 Å². The Morgan fingerprint density at radius 3 is 3.12 bits per heavy atom. The van der Waals surface area contributed by atoms with Crippen molar-refractivity contribution in [3.05, 3.63) is 30.0 Å². The molecule has 17 heavy (non-hydrogen) atoms. The molecule has 88 valence electrons. The zero-order valence-electron chi connectivity index (χ0n) is 9.10.